The predicted molar refractivity (Wildman–Crippen MR) is 51.3 cm³/mol. The molecule has 0 atom stereocenters. The molecule has 0 spiro atoms. The summed E-state index contributed by atoms with van der Waals surface area (Å²) in [6, 6.07) is 3.35. The summed E-state index contributed by atoms with van der Waals surface area (Å²) in [4.78, 5) is 8.15. The van der Waals surface area contributed by atoms with E-state index in [1.807, 2.05) is 6.07 Å². The van der Waals surface area contributed by atoms with Crippen molar-refractivity contribution >= 4 is 17.1 Å². The van der Waals surface area contributed by atoms with E-state index in [0.717, 1.165) is 5.56 Å². The van der Waals surface area contributed by atoms with Gasteiger partial charge in [0.15, 0.2) is 0 Å². The van der Waals surface area contributed by atoms with Crippen LogP contribution in [0.25, 0.3) is 17.1 Å². The molecule has 1 N–H and O–H groups in total. The van der Waals surface area contributed by atoms with E-state index in [4.69, 9.17) is 0 Å². The van der Waals surface area contributed by atoms with Gasteiger partial charge in [-0.3, -0.25) is 9.97 Å². The molecule has 0 amide bonds. The van der Waals surface area contributed by atoms with Gasteiger partial charge in [-0.25, -0.2) is 0 Å². The standard InChI is InChI=1S/C10H8N2O/c1-2-7-5-8-10(12-6-7)9(13)3-4-11-8/h2-6H,1H2,(H,11,13). The van der Waals surface area contributed by atoms with Crippen molar-refractivity contribution in [2.75, 3.05) is 0 Å². The van der Waals surface area contributed by atoms with Crippen LogP contribution in [-0.2, 0) is 0 Å². The van der Waals surface area contributed by atoms with E-state index in [9.17, 15) is 5.11 Å². The molecule has 3 heteroatoms. The quantitative estimate of drug-likeness (QED) is 0.715. The average Bonchev–Trinajstić information content (AvgIpc) is 2.18. The second-order valence-electron chi connectivity index (χ2n) is 2.67. The maximum Gasteiger partial charge on any atom is 0.144 e. The van der Waals surface area contributed by atoms with Crippen LogP contribution >= 0.6 is 0 Å². The van der Waals surface area contributed by atoms with Crippen LogP contribution in [0, 0.1) is 0 Å². The maximum absolute atomic E-state index is 9.41. The minimum atomic E-state index is 0.153. The first-order valence-electron chi connectivity index (χ1n) is 3.87. The fourth-order valence-electron chi connectivity index (χ4n) is 1.14. The molecule has 0 aromatic carbocycles. The van der Waals surface area contributed by atoms with Gasteiger partial charge in [0.2, 0.25) is 0 Å². The third-order valence-electron chi connectivity index (χ3n) is 1.81. The Hall–Kier alpha value is -1.90. The van der Waals surface area contributed by atoms with Gasteiger partial charge in [-0.1, -0.05) is 12.7 Å². The Kier molecular flexibility index (Phi) is 1.70. The first-order valence-corrected chi connectivity index (χ1v) is 3.87. The molecule has 0 aliphatic heterocycles. The molecule has 2 aromatic rings. The normalized spacial score (nSPS) is 10.2. The fraction of sp³-hybridized carbons (Fsp3) is 0. The highest BCUT2D eigenvalue weighted by Gasteiger charge is 2.00. The summed E-state index contributed by atoms with van der Waals surface area (Å²) in [6.45, 7) is 3.63. The van der Waals surface area contributed by atoms with Crippen molar-refractivity contribution in [2.24, 2.45) is 0 Å². The molecule has 64 valence electrons. The second-order valence-corrected chi connectivity index (χ2v) is 2.67. The van der Waals surface area contributed by atoms with Crippen LogP contribution in [0.4, 0.5) is 0 Å². The van der Waals surface area contributed by atoms with Crippen molar-refractivity contribution in [3.8, 4) is 5.75 Å². The summed E-state index contributed by atoms with van der Waals surface area (Å²) in [6.07, 6.45) is 4.89. The maximum atomic E-state index is 9.41. The highest BCUT2D eigenvalue weighted by Crippen LogP contribution is 2.20. The molecule has 2 rings (SSSR count). The third kappa shape index (κ3) is 1.24. The minimum Gasteiger partial charge on any atom is -0.506 e. The Morgan fingerprint density at radius 2 is 2.23 bits per heavy atom. The van der Waals surface area contributed by atoms with E-state index in [1.54, 1.807) is 18.5 Å². The summed E-state index contributed by atoms with van der Waals surface area (Å²) in [5.74, 6) is 0.153. The SMILES string of the molecule is C=Cc1cnc2c(O)ccnc2c1. The summed E-state index contributed by atoms with van der Waals surface area (Å²) in [5.41, 5.74) is 2.09. The Bertz CT molecular complexity index is 465. The zero-order valence-corrected chi connectivity index (χ0v) is 6.94. The van der Waals surface area contributed by atoms with Gasteiger partial charge in [-0.05, 0) is 11.6 Å². The van der Waals surface area contributed by atoms with Crippen LogP contribution in [0.1, 0.15) is 5.56 Å². The zero-order valence-electron chi connectivity index (χ0n) is 6.94. The molecule has 13 heavy (non-hydrogen) atoms. The first-order chi connectivity index (χ1) is 6.31. The molecule has 0 aliphatic rings. The van der Waals surface area contributed by atoms with Crippen LogP contribution < -0.4 is 0 Å². The molecule has 0 bridgehead atoms. The summed E-state index contributed by atoms with van der Waals surface area (Å²) in [5, 5.41) is 9.41. The van der Waals surface area contributed by atoms with Gasteiger partial charge in [-0.15, -0.1) is 0 Å². The first kappa shape index (κ1) is 7.73. The van der Waals surface area contributed by atoms with Crippen molar-refractivity contribution in [3.63, 3.8) is 0 Å². The summed E-state index contributed by atoms with van der Waals surface area (Å²) in [7, 11) is 0. The number of aromatic hydroxyl groups is 1. The zero-order chi connectivity index (χ0) is 9.26. The molecule has 0 aliphatic carbocycles. The van der Waals surface area contributed by atoms with E-state index in [2.05, 4.69) is 16.5 Å². The molecule has 0 radical (unpaired) electrons. The Morgan fingerprint density at radius 3 is 3.00 bits per heavy atom. The number of pyridine rings is 2. The van der Waals surface area contributed by atoms with Gasteiger partial charge >= 0.3 is 0 Å². The fourth-order valence-corrected chi connectivity index (χ4v) is 1.14. The van der Waals surface area contributed by atoms with Crippen LogP contribution in [0.5, 0.6) is 5.75 Å². The van der Waals surface area contributed by atoms with Crippen molar-refractivity contribution in [1.29, 1.82) is 0 Å². The molecule has 2 heterocycles. The van der Waals surface area contributed by atoms with Crippen molar-refractivity contribution < 1.29 is 5.11 Å². The smallest absolute Gasteiger partial charge is 0.144 e. The molecule has 0 saturated carbocycles. The Morgan fingerprint density at radius 1 is 1.38 bits per heavy atom. The summed E-state index contributed by atoms with van der Waals surface area (Å²) < 4.78 is 0. The van der Waals surface area contributed by atoms with E-state index in [0.29, 0.717) is 11.0 Å². The number of aromatic nitrogens is 2. The van der Waals surface area contributed by atoms with Crippen LogP contribution in [0.2, 0.25) is 0 Å². The monoisotopic (exact) mass is 172 g/mol. The lowest BCUT2D eigenvalue weighted by Crippen LogP contribution is -1.84. The Labute approximate surface area is 75.4 Å². The van der Waals surface area contributed by atoms with Crippen molar-refractivity contribution in [2.45, 2.75) is 0 Å². The number of nitrogens with zero attached hydrogens (tertiary/aromatic N) is 2. The number of fused-ring (bicyclic) bond motifs is 1. The number of hydrogen-bond acceptors (Lipinski definition) is 3. The average molecular weight is 172 g/mol. The van der Waals surface area contributed by atoms with Crippen LogP contribution in [0.3, 0.4) is 0 Å². The lowest BCUT2D eigenvalue weighted by molar-refractivity contribution is 0.480. The van der Waals surface area contributed by atoms with Gasteiger partial charge in [0.05, 0.1) is 5.52 Å². The van der Waals surface area contributed by atoms with Crippen molar-refractivity contribution in [3.05, 3.63) is 36.7 Å². The number of rotatable bonds is 1. The van der Waals surface area contributed by atoms with Gasteiger partial charge < -0.3 is 5.11 Å². The largest absolute Gasteiger partial charge is 0.506 e. The topological polar surface area (TPSA) is 46.0 Å². The molecule has 0 saturated heterocycles. The number of hydrogen-bond donors (Lipinski definition) is 1. The van der Waals surface area contributed by atoms with E-state index in [-0.39, 0.29) is 5.75 Å². The van der Waals surface area contributed by atoms with Crippen LogP contribution in [0.15, 0.2) is 31.1 Å². The summed E-state index contributed by atoms with van der Waals surface area (Å²) >= 11 is 0. The lowest BCUT2D eigenvalue weighted by Gasteiger charge is -1.99. The van der Waals surface area contributed by atoms with Crippen molar-refractivity contribution in [1.82, 2.24) is 9.97 Å². The lowest BCUT2D eigenvalue weighted by atomic mass is 10.2. The minimum absolute atomic E-state index is 0.153. The van der Waals surface area contributed by atoms with E-state index >= 15 is 0 Å². The van der Waals surface area contributed by atoms with Gasteiger partial charge in [-0.2, -0.15) is 0 Å². The van der Waals surface area contributed by atoms with Gasteiger partial charge in [0.1, 0.15) is 11.3 Å². The molecular weight excluding hydrogens is 164 g/mol. The molecule has 2 aromatic heterocycles. The highest BCUT2D eigenvalue weighted by molar-refractivity contribution is 5.81. The molecular formula is C10H8N2O. The van der Waals surface area contributed by atoms with Gasteiger partial charge in [0.25, 0.3) is 0 Å². The highest BCUT2D eigenvalue weighted by atomic mass is 16.3. The predicted octanol–water partition coefficient (Wildman–Crippen LogP) is 1.98. The Balaban J connectivity index is 2.79. The van der Waals surface area contributed by atoms with Gasteiger partial charge in [0, 0.05) is 18.5 Å². The molecule has 3 nitrogen and oxygen atoms in total. The molecule has 0 unspecified atom stereocenters. The molecule has 0 fully saturated rings. The second kappa shape index (κ2) is 2.86. The van der Waals surface area contributed by atoms with Crippen LogP contribution in [-0.4, -0.2) is 15.1 Å². The van der Waals surface area contributed by atoms with E-state index in [1.165, 1.54) is 6.07 Å². The van der Waals surface area contributed by atoms with E-state index < -0.39 is 0 Å². The third-order valence-corrected chi connectivity index (χ3v) is 1.81.